The van der Waals surface area contributed by atoms with Crippen molar-refractivity contribution in [3.8, 4) is 0 Å². The van der Waals surface area contributed by atoms with Gasteiger partial charge in [0.25, 0.3) is 8.32 Å². The molecule has 0 fully saturated rings. The van der Waals surface area contributed by atoms with E-state index >= 15 is 0 Å². The van der Waals surface area contributed by atoms with E-state index in [1.807, 2.05) is 0 Å². The van der Waals surface area contributed by atoms with Crippen molar-refractivity contribution >= 4 is 51.1 Å². The molecule has 0 aromatic heterocycles. The Kier molecular flexibility index (Phi) is 26.6. The van der Waals surface area contributed by atoms with Crippen LogP contribution >= 0.6 is 0 Å². The predicted octanol–water partition coefficient (Wildman–Crippen LogP) is 16.3. The van der Waals surface area contributed by atoms with Gasteiger partial charge >= 0.3 is 8.56 Å². The number of hydrogen-bond acceptors (Lipinski definition) is 2. The van der Waals surface area contributed by atoms with E-state index in [0.717, 1.165) is 16.8 Å². The summed E-state index contributed by atoms with van der Waals surface area (Å²) in [5, 5.41) is 6.20. The minimum Gasteiger partial charge on any atom is -0.430 e. The lowest BCUT2D eigenvalue weighted by Gasteiger charge is -2.45. The molecule has 0 aliphatic heterocycles. The standard InChI is InChI=1S/C63H94O2Si3/c1-5-6-7-8-9-10-11-12-13-14-15-16-17-18-19-20-21-22-23-24-25-26-27-28-29-30-31-36-47-58-48-45-46-57-63(58)67(59-49-37-32-38-50-59,60-51-39-33-40-52-60)65-68(64-66(2,3)4,61-53-41-34-42-54-61)62-55-43-35-44-56-62/h32-35,37-46,48-57H,5-31,36,47H2,1-4H3. The molecule has 5 heteroatoms. The van der Waals surface area contributed by atoms with Crippen LogP contribution in [0, 0.1) is 0 Å². The van der Waals surface area contributed by atoms with Crippen LogP contribution < -0.4 is 25.9 Å². The van der Waals surface area contributed by atoms with Gasteiger partial charge in [0, 0.05) is 0 Å². The summed E-state index contributed by atoms with van der Waals surface area (Å²) in [7, 11) is -8.77. The Morgan fingerprint density at radius 3 is 0.897 bits per heavy atom. The Hall–Kier alpha value is -3.33. The first-order chi connectivity index (χ1) is 33.4. The van der Waals surface area contributed by atoms with E-state index in [-0.39, 0.29) is 0 Å². The molecule has 0 unspecified atom stereocenters. The third-order valence-electron chi connectivity index (χ3n) is 14.1. The summed E-state index contributed by atoms with van der Waals surface area (Å²) < 4.78 is 16.1. The molecule has 0 atom stereocenters. The lowest BCUT2D eigenvalue weighted by Crippen LogP contribution is -2.79. The zero-order valence-corrected chi connectivity index (χ0v) is 46.7. The van der Waals surface area contributed by atoms with Gasteiger partial charge in [-0.1, -0.05) is 326 Å². The van der Waals surface area contributed by atoms with Crippen LogP contribution in [0.25, 0.3) is 0 Å². The molecule has 2 nitrogen and oxygen atoms in total. The van der Waals surface area contributed by atoms with Crippen molar-refractivity contribution in [1.82, 2.24) is 0 Å². The Balaban J connectivity index is 1.07. The average molecular weight is 968 g/mol. The summed E-state index contributed by atoms with van der Waals surface area (Å²) in [5.41, 5.74) is 1.42. The summed E-state index contributed by atoms with van der Waals surface area (Å²) in [6.07, 6.45) is 40.9. The highest BCUT2D eigenvalue weighted by molar-refractivity contribution is 7.14. The fourth-order valence-corrected chi connectivity index (χ4v) is 24.3. The van der Waals surface area contributed by atoms with Crippen molar-refractivity contribution < 1.29 is 8.23 Å². The zero-order valence-electron chi connectivity index (χ0n) is 43.7. The van der Waals surface area contributed by atoms with Crippen molar-refractivity contribution in [3.05, 3.63) is 151 Å². The molecule has 0 heterocycles. The molecule has 0 saturated carbocycles. The van der Waals surface area contributed by atoms with Gasteiger partial charge in [0.2, 0.25) is 0 Å². The van der Waals surface area contributed by atoms with E-state index in [2.05, 4.69) is 172 Å². The lowest BCUT2D eigenvalue weighted by atomic mass is 10.0. The summed E-state index contributed by atoms with van der Waals surface area (Å²) in [6.45, 7) is 9.25. The van der Waals surface area contributed by atoms with Crippen molar-refractivity contribution in [2.75, 3.05) is 0 Å². The van der Waals surface area contributed by atoms with E-state index in [0.29, 0.717) is 0 Å². The third kappa shape index (κ3) is 19.1. The Morgan fingerprint density at radius 2 is 0.574 bits per heavy atom. The number of rotatable bonds is 38. The molecule has 5 aromatic carbocycles. The summed E-state index contributed by atoms with van der Waals surface area (Å²) in [4.78, 5) is 0. The first kappa shape index (κ1) is 55.6. The molecule has 68 heavy (non-hydrogen) atoms. The van der Waals surface area contributed by atoms with Gasteiger partial charge in [-0.2, -0.15) is 0 Å². The lowest BCUT2D eigenvalue weighted by molar-refractivity contribution is 0.421. The second-order valence-electron chi connectivity index (χ2n) is 21.0. The third-order valence-corrected chi connectivity index (χ3v) is 25.8. The van der Waals surface area contributed by atoms with Crippen molar-refractivity contribution in [2.45, 2.75) is 213 Å². The second-order valence-corrected chi connectivity index (χ2v) is 32.3. The summed E-state index contributed by atoms with van der Waals surface area (Å²) in [6, 6.07) is 53.5. The normalized spacial score (nSPS) is 12.2. The molecule has 5 rings (SSSR count). The Labute approximate surface area is 421 Å². The quantitative estimate of drug-likeness (QED) is 0.0223. The SMILES string of the molecule is CCCCCCCCCCCCCCCCCCCCCCCCCCCCCCc1ccccc1[Si](O[Si](O[Si](C)(C)C)(c1ccccc1)c1ccccc1)(c1ccccc1)c1ccccc1. The smallest absolute Gasteiger partial charge is 0.387 e. The van der Waals surface area contributed by atoms with Crippen LogP contribution in [0.2, 0.25) is 19.6 Å². The number of aryl methyl sites for hydroxylation is 1. The number of benzene rings is 5. The Morgan fingerprint density at radius 1 is 0.294 bits per heavy atom. The topological polar surface area (TPSA) is 18.5 Å². The van der Waals surface area contributed by atoms with E-state index < -0.39 is 25.2 Å². The molecule has 0 N–H and O–H groups in total. The Bertz CT molecular complexity index is 1900. The van der Waals surface area contributed by atoms with Crippen LogP contribution in [-0.4, -0.2) is 25.2 Å². The fraction of sp³-hybridized carbons (Fsp3) is 0.524. The molecule has 0 radical (unpaired) electrons. The van der Waals surface area contributed by atoms with Crippen molar-refractivity contribution in [1.29, 1.82) is 0 Å². The van der Waals surface area contributed by atoms with Crippen LogP contribution in [0.1, 0.15) is 192 Å². The van der Waals surface area contributed by atoms with Crippen LogP contribution in [-0.2, 0) is 14.7 Å². The molecule has 370 valence electrons. The molecule has 0 bridgehead atoms. The minimum absolute atomic E-state index is 1.05. The molecule has 0 saturated heterocycles. The second kappa shape index (κ2) is 32.5. The highest BCUT2D eigenvalue weighted by Gasteiger charge is 2.55. The molecule has 0 aliphatic carbocycles. The maximum absolute atomic E-state index is 8.43. The monoisotopic (exact) mass is 967 g/mol. The maximum atomic E-state index is 8.43. The van der Waals surface area contributed by atoms with Crippen LogP contribution in [0.15, 0.2) is 146 Å². The first-order valence-corrected chi connectivity index (χ1v) is 35.2. The number of hydrogen-bond donors (Lipinski definition) is 0. The molecule has 0 aliphatic rings. The van der Waals surface area contributed by atoms with Gasteiger partial charge < -0.3 is 8.23 Å². The highest BCUT2D eigenvalue weighted by Crippen LogP contribution is 2.25. The molecule has 5 aromatic rings. The van der Waals surface area contributed by atoms with Crippen LogP contribution in [0.5, 0.6) is 0 Å². The van der Waals surface area contributed by atoms with Gasteiger partial charge in [-0.15, -0.1) is 0 Å². The molecular formula is C63H94O2Si3. The van der Waals surface area contributed by atoms with Crippen molar-refractivity contribution in [2.24, 2.45) is 0 Å². The number of unbranched alkanes of at least 4 members (excludes halogenated alkanes) is 27. The molecule has 0 amide bonds. The van der Waals surface area contributed by atoms with E-state index in [4.69, 9.17) is 8.23 Å². The van der Waals surface area contributed by atoms with Gasteiger partial charge in [-0.05, 0) is 64.0 Å². The average Bonchev–Trinajstić information content (AvgIpc) is 3.37. The van der Waals surface area contributed by atoms with Gasteiger partial charge in [-0.25, -0.2) is 0 Å². The van der Waals surface area contributed by atoms with Gasteiger partial charge in [0.15, 0.2) is 8.32 Å². The van der Waals surface area contributed by atoms with Crippen molar-refractivity contribution in [3.63, 3.8) is 0 Å². The highest BCUT2D eigenvalue weighted by atomic mass is 28.5. The molecular weight excluding hydrogens is 873 g/mol. The first-order valence-electron chi connectivity index (χ1n) is 28.1. The maximum Gasteiger partial charge on any atom is 0.387 e. The molecule has 0 spiro atoms. The summed E-state index contributed by atoms with van der Waals surface area (Å²) >= 11 is 0. The van der Waals surface area contributed by atoms with E-state index in [9.17, 15) is 0 Å². The fourth-order valence-electron chi connectivity index (χ4n) is 10.4. The van der Waals surface area contributed by atoms with E-state index in [1.54, 1.807) is 0 Å². The summed E-state index contributed by atoms with van der Waals surface area (Å²) in [5.74, 6) is 0. The largest absolute Gasteiger partial charge is 0.430 e. The van der Waals surface area contributed by atoms with Gasteiger partial charge in [-0.3, -0.25) is 0 Å². The minimum atomic E-state index is -3.35. The van der Waals surface area contributed by atoms with Gasteiger partial charge in [0.1, 0.15) is 0 Å². The van der Waals surface area contributed by atoms with E-state index in [1.165, 1.54) is 201 Å². The van der Waals surface area contributed by atoms with Crippen LogP contribution in [0.4, 0.5) is 0 Å². The predicted molar refractivity (Wildman–Crippen MR) is 306 cm³/mol. The van der Waals surface area contributed by atoms with Crippen LogP contribution in [0.3, 0.4) is 0 Å². The van der Waals surface area contributed by atoms with Gasteiger partial charge in [0.05, 0.1) is 0 Å². The zero-order chi connectivity index (χ0) is 47.9.